The maximum Gasteiger partial charge on any atom is 0.573 e. The van der Waals surface area contributed by atoms with Gasteiger partial charge in [-0.05, 0) is 60.2 Å². The number of carboxylic acids is 1. The Labute approximate surface area is 233 Å². The van der Waals surface area contributed by atoms with E-state index >= 15 is 0 Å². The largest absolute Gasteiger partial charge is 0.573 e. The minimum atomic E-state index is -4.98. The summed E-state index contributed by atoms with van der Waals surface area (Å²) in [6, 6.07) is 12.9. The van der Waals surface area contributed by atoms with Crippen molar-refractivity contribution in [2.45, 2.75) is 19.1 Å². The zero-order chi connectivity index (χ0) is 31.1. The van der Waals surface area contributed by atoms with Crippen molar-refractivity contribution in [1.82, 2.24) is 5.32 Å². The predicted octanol–water partition coefficient (Wildman–Crippen LogP) is 5.84. The highest BCUT2D eigenvalue weighted by molar-refractivity contribution is 6.32. The third-order valence-corrected chi connectivity index (χ3v) is 5.33. The number of hydrogen-bond donors (Lipinski definition) is 2. The van der Waals surface area contributed by atoms with Crippen LogP contribution in [0.15, 0.2) is 78.9 Å². The van der Waals surface area contributed by atoms with E-state index in [2.05, 4.69) is 14.8 Å². The molecule has 14 heteroatoms. The van der Waals surface area contributed by atoms with Crippen LogP contribution in [-0.2, 0) is 4.79 Å². The Hall–Kier alpha value is -5.14. The first-order valence-electron chi connectivity index (χ1n) is 11.7. The van der Waals surface area contributed by atoms with Gasteiger partial charge in [-0.2, -0.15) is 0 Å². The summed E-state index contributed by atoms with van der Waals surface area (Å²) >= 11 is 0. The van der Waals surface area contributed by atoms with Crippen LogP contribution in [0.1, 0.15) is 43.1 Å². The van der Waals surface area contributed by atoms with E-state index in [9.17, 15) is 45.5 Å². The van der Waals surface area contributed by atoms with Crippen LogP contribution in [0.3, 0.4) is 0 Å². The summed E-state index contributed by atoms with van der Waals surface area (Å²) in [5, 5.41) is 11.1. The van der Waals surface area contributed by atoms with Gasteiger partial charge in [-0.15, -0.1) is 26.3 Å². The molecular weight excluding hydrogens is 576 g/mol. The highest BCUT2D eigenvalue weighted by atomic mass is 19.4. The Balaban J connectivity index is 1.92. The van der Waals surface area contributed by atoms with Crippen molar-refractivity contribution in [1.29, 1.82) is 0 Å². The summed E-state index contributed by atoms with van der Waals surface area (Å²) in [5.41, 5.74) is -0.336. The third kappa shape index (κ3) is 9.50. The van der Waals surface area contributed by atoms with E-state index in [0.29, 0.717) is 0 Å². The number of aliphatic carboxylic acids is 1. The molecule has 42 heavy (non-hydrogen) atoms. The number of hydrogen-bond acceptors (Lipinski definition) is 6. The van der Waals surface area contributed by atoms with E-state index in [1.807, 2.05) is 0 Å². The lowest BCUT2D eigenvalue weighted by atomic mass is 9.94. The first kappa shape index (κ1) is 31.4. The molecule has 0 saturated carbocycles. The summed E-state index contributed by atoms with van der Waals surface area (Å²) in [7, 11) is 0. The average molecular weight is 595 g/mol. The molecule has 3 aromatic rings. The van der Waals surface area contributed by atoms with Gasteiger partial charge in [0.2, 0.25) is 0 Å². The quantitative estimate of drug-likeness (QED) is 0.163. The van der Waals surface area contributed by atoms with Crippen LogP contribution in [0.25, 0.3) is 5.57 Å². The van der Waals surface area contributed by atoms with Crippen LogP contribution in [0.4, 0.5) is 26.3 Å². The van der Waals surface area contributed by atoms with Crippen LogP contribution in [0, 0.1) is 0 Å². The molecule has 0 fully saturated rings. The van der Waals surface area contributed by atoms with Crippen molar-refractivity contribution in [2.24, 2.45) is 0 Å². The minimum absolute atomic E-state index is 0.00962. The number of amides is 1. The number of nitrogens with one attached hydrogen (secondary N) is 1. The maximum atomic E-state index is 13.4. The zero-order valence-electron chi connectivity index (χ0n) is 21.1. The molecule has 220 valence electrons. The number of alkyl halides is 6. The molecule has 0 aliphatic heterocycles. The molecule has 2 N–H and O–H groups in total. The first-order valence-corrected chi connectivity index (χ1v) is 11.7. The highest BCUT2D eigenvalue weighted by Gasteiger charge is 2.32. The van der Waals surface area contributed by atoms with E-state index in [-0.39, 0.29) is 40.8 Å². The SMILES string of the molecule is O=C(O)CCNC(=O)c1ccc(C(=O)/C(=C/C(=O)c2ccc(OC(F)(F)F)cc2)c2ccc(OC(F)(F)F)cc2)cc1. The Morgan fingerprint density at radius 3 is 1.55 bits per heavy atom. The molecule has 8 nitrogen and oxygen atoms in total. The number of allylic oxidation sites excluding steroid dienone is 2. The summed E-state index contributed by atoms with van der Waals surface area (Å²) in [4.78, 5) is 49.2. The lowest BCUT2D eigenvalue weighted by Crippen LogP contribution is -2.26. The number of carbonyl (C=O) groups excluding carboxylic acids is 3. The van der Waals surface area contributed by atoms with Crippen molar-refractivity contribution in [3.8, 4) is 11.5 Å². The Bertz CT molecular complexity index is 1480. The Kier molecular flexibility index (Phi) is 9.73. The average Bonchev–Trinajstić information content (AvgIpc) is 2.90. The van der Waals surface area contributed by atoms with Gasteiger partial charge >= 0.3 is 18.7 Å². The smallest absolute Gasteiger partial charge is 0.481 e. The normalized spacial score (nSPS) is 11.9. The Morgan fingerprint density at radius 2 is 1.10 bits per heavy atom. The van der Waals surface area contributed by atoms with Gasteiger partial charge in [-0.1, -0.05) is 24.3 Å². The van der Waals surface area contributed by atoms with Crippen molar-refractivity contribution >= 4 is 29.0 Å². The number of carboxylic acid groups (broad SMARTS) is 1. The van der Waals surface area contributed by atoms with Gasteiger partial charge in [0.15, 0.2) is 11.6 Å². The fourth-order valence-corrected chi connectivity index (χ4v) is 3.46. The highest BCUT2D eigenvalue weighted by Crippen LogP contribution is 2.28. The molecule has 0 aliphatic carbocycles. The summed E-state index contributed by atoms with van der Waals surface area (Å²) in [6.07, 6.45) is -9.37. The molecule has 0 heterocycles. The van der Waals surface area contributed by atoms with E-state index in [1.54, 1.807) is 0 Å². The van der Waals surface area contributed by atoms with E-state index < -0.39 is 47.7 Å². The van der Waals surface area contributed by atoms with Gasteiger partial charge in [-0.25, -0.2) is 0 Å². The summed E-state index contributed by atoms with van der Waals surface area (Å²) < 4.78 is 82.6. The number of ether oxygens (including phenoxy) is 2. The van der Waals surface area contributed by atoms with Crippen LogP contribution in [0.2, 0.25) is 0 Å². The molecule has 3 aromatic carbocycles. The predicted molar refractivity (Wildman–Crippen MR) is 134 cm³/mol. The minimum Gasteiger partial charge on any atom is -0.481 e. The van der Waals surface area contributed by atoms with Gasteiger partial charge in [0, 0.05) is 28.8 Å². The second-order valence-electron chi connectivity index (χ2n) is 8.37. The fraction of sp³-hybridized carbons (Fsp3) is 0.143. The zero-order valence-corrected chi connectivity index (χ0v) is 21.1. The number of rotatable bonds is 11. The molecule has 3 rings (SSSR count). The molecule has 0 spiro atoms. The summed E-state index contributed by atoms with van der Waals surface area (Å²) in [6.45, 7) is -0.138. The maximum absolute atomic E-state index is 13.4. The van der Waals surface area contributed by atoms with Crippen LogP contribution < -0.4 is 14.8 Å². The van der Waals surface area contributed by atoms with Gasteiger partial charge in [0.05, 0.1) is 6.42 Å². The van der Waals surface area contributed by atoms with Gasteiger partial charge in [0.1, 0.15) is 11.5 Å². The summed E-state index contributed by atoms with van der Waals surface area (Å²) in [5.74, 6) is -4.51. The molecule has 0 bridgehead atoms. The molecule has 1 amide bonds. The van der Waals surface area contributed by atoms with Gasteiger partial charge in [0.25, 0.3) is 5.91 Å². The first-order chi connectivity index (χ1) is 19.6. The molecule has 0 atom stereocenters. The lowest BCUT2D eigenvalue weighted by molar-refractivity contribution is -0.275. The second kappa shape index (κ2) is 13.0. The standard InChI is InChI=1S/C28H19F6NO7/c29-27(30,31)41-20-9-5-16(6-10-20)22(15-23(36)17-7-11-21(12-8-17)42-28(32,33)34)25(39)18-1-3-19(4-2-18)26(40)35-14-13-24(37)38/h1-12,15H,13-14H2,(H,35,40)(H,37,38)/b22-15+. The number of carbonyl (C=O) groups is 4. The van der Waals surface area contributed by atoms with Crippen molar-refractivity contribution in [3.63, 3.8) is 0 Å². The topological polar surface area (TPSA) is 119 Å². The molecule has 0 saturated heterocycles. The number of halogens is 6. The molecule has 0 aliphatic rings. The second-order valence-corrected chi connectivity index (χ2v) is 8.37. The van der Waals surface area contributed by atoms with Crippen LogP contribution >= 0.6 is 0 Å². The molecule has 0 unspecified atom stereocenters. The Morgan fingerprint density at radius 1 is 0.667 bits per heavy atom. The van der Waals surface area contributed by atoms with Crippen LogP contribution in [0.5, 0.6) is 11.5 Å². The van der Waals surface area contributed by atoms with Crippen molar-refractivity contribution in [3.05, 3.63) is 101 Å². The van der Waals surface area contributed by atoms with E-state index in [0.717, 1.165) is 54.6 Å². The molecule has 0 radical (unpaired) electrons. The number of Topliss-reactive ketones (excluding diaryl/α,β-unsaturated/α-hetero) is 1. The van der Waals surface area contributed by atoms with Crippen molar-refractivity contribution < 1.29 is 60.1 Å². The monoisotopic (exact) mass is 595 g/mol. The van der Waals surface area contributed by atoms with Gasteiger partial charge < -0.3 is 19.9 Å². The molecular formula is C28H19F6NO7. The van der Waals surface area contributed by atoms with Crippen molar-refractivity contribution in [2.75, 3.05) is 6.54 Å². The van der Waals surface area contributed by atoms with E-state index in [1.165, 1.54) is 24.3 Å². The lowest BCUT2D eigenvalue weighted by Gasteiger charge is -2.12. The van der Waals surface area contributed by atoms with Crippen LogP contribution in [-0.4, -0.2) is 47.8 Å². The van der Waals surface area contributed by atoms with E-state index in [4.69, 9.17) is 5.11 Å². The third-order valence-electron chi connectivity index (χ3n) is 5.33. The fourth-order valence-electron chi connectivity index (χ4n) is 3.46. The van der Waals surface area contributed by atoms with Gasteiger partial charge in [-0.3, -0.25) is 19.2 Å². The number of benzene rings is 3. The molecule has 0 aromatic heterocycles. The number of ketones is 2.